The molecular formula is C21H24N2O4. The number of nitrogens with one attached hydrogen (secondary N) is 2. The number of methoxy groups -OCH3 is 1. The fraction of sp³-hybridized carbons (Fsp3) is 0.286. The van der Waals surface area contributed by atoms with Gasteiger partial charge in [0.15, 0.2) is 0 Å². The molecule has 0 aliphatic heterocycles. The maximum Gasteiger partial charge on any atom is 0.337 e. The summed E-state index contributed by atoms with van der Waals surface area (Å²) in [6.45, 7) is 4.05. The van der Waals surface area contributed by atoms with Crippen LogP contribution in [0.4, 0.5) is 0 Å². The molecule has 27 heavy (non-hydrogen) atoms. The van der Waals surface area contributed by atoms with Gasteiger partial charge in [0.1, 0.15) is 6.04 Å². The number of esters is 1. The van der Waals surface area contributed by atoms with Crippen molar-refractivity contribution in [3.63, 3.8) is 0 Å². The Bertz CT molecular complexity index is 786. The molecule has 0 aromatic heterocycles. The number of benzene rings is 2. The molecule has 0 bridgehead atoms. The summed E-state index contributed by atoms with van der Waals surface area (Å²) in [7, 11) is 1.33. The van der Waals surface area contributed by atoms with Crippen LogP contribution in [-0.4, -0.2) is 30.9 Å². The molecule has 0 spiro atoms. The molecule has 2 N–H and O–H groups in total. The van der Waals surface area contributed by atoms with Crippen LogP contribution in [-0.2, 0) is 16.1 Å². The number of rotatable bonds is 7. The average Bonchev–Trinajstić information content (AvgIpc) is 2.70. The number of hydrogen-bond acceptors (Lipinski definition) is 4. The molecule has 0 aliphatic rings. The van der Waals surface area contributed by atoms with E-state index in [1.807, 2.05) is 19.9 Å². The second-order valence-electron chi connectivity index (χ2n) is 6.47. The van der Waals surface area contributed by atoms with Gasteiger partial charge in [-0.1, -0.05) is 44.2 Å². The largest absolute Gasteiger partial charge is 0.465 e. The van der Waals surface area contributed by atoms with E-state index in [0.29, 0.717) is 17.7 Å². The molecule has 0 saturated carbocycles. The van der Waals surface area contributed by atoms with Gasteiger partial charge in [-0.05, 0) is 35.7 Å². The topological polar surface area (TPSA) is 84.5 Å². The normalized spacial score (nSPS) is 11.6. The Labute approximate surface area is 158 Å². The van der Waals surface area contributed by atoms with Crippen LogP contribution in [0.1, 0.15) is 40.1 Å². The van der Waals surface area contributed by atoms with Gasteiger partial charge in [0.2, 0.25) is 5.91 Å². The van der Waals surface area contributed by atoms with E-state index in [2.05, 4.69) is 15.4 Å². The third kappa shape index (κ3) is 5.67. The van der Waals surface area contributed by atoms with Crippen molar-refractivity contribution in [1.29, 1.82) is 0 Å². The Kier molecular flexibility index (Phi) is 7.11. The Morgan fingerprint density at radius 2 is 1.56 bits per heavy atom. The zero-order valence-electron chi connectivity index (χ0n) is 15.7. The zero-order valence-corrected chi connectivity index (χ0v) is 15.7. The highest BCUT2D eigenvalue weighted by Gasteiger charge is 2.24. The van der Waals surface area contributed by atoms with Gasteiger partial charge in [0.05, 0.1) is 12.7 Å². The minimum Gasteiger partial charge on any atom is -0.465 e. The summed E-state index contributed by atoms with van der Waals surface area (Å²) in [5.41, 5.74) is 1.80. The lowest BCUT2D eigenvalue weighted by molar-refractivity contribution is -0.124. The maximum atomic E-state index is 12.5. The standard InChI is InChI=1S/C21H24N2O4/c1-14(2)18(23-19(24)16-7-5-4-6-8-16)20(25)22-13-15-9-11-17(12-10-15)21(26)27-3/h4-12,14,18H,13H2,1-3H3,(H,22,25)(H,23,24). The van der Waals surface area contributed by atoms with Crippen molar-refractivity contribution in [2.24, 2.45) is 5.92 Å². The molecule has 0 heterocycles. The first-order valence-electron chi connectivity index (χ1n) is 8.73. The molecule has 6 nitrogen and oxygen atoms in total. The average molecular weight is 368 g/mol. The monoisotopic (exact) mass is 368 g/mol. The van der Waals surface area contributed by atoms with Crippen LogP contribution >= 0.6 is 0 Å². The molecule has 2 aromatic rings. The Hall–Kier alpha value is -3.15. The lowest BCUT2D eigenvalue weighted by Gasteiger charge is -2.22. The van der Waals surface area contributed by atoms with Crippen molar-refractivity contribution >= 4 is 17.8 Å². The van der Waals surface area contributed by atoms with E-state index >= 15 is 0 Å². The molecule has 1 unspecified atom stereocenters. The van der Waals surface area contributed by atoms with Crippen LogP contribution in [0, 0.1) is 5.92 Å². The van der Waals surface area contributed by atoms with Gasteiger partial charge in [-0.25, -0.2) is 4.79 Å². The van der Waals surface area contributed by atoms with Crippen molar-refractivity contribution in [1.82, 2.24) is 10.6 Å². The van der Waals surface area contributed by atoms with Crippen molar-refractivity contribution < 1.29 is 19.1 Å². The SMILES string of the molecule is COC(=O)c1ccc(CNC(=O)C(NC(=O)c2ccccc2)C(C)C)cc1. The second kappa shape index (κ2) is 9.52. The van der Waals surface area contributed by atoms with Gasteiger partial charge < -0.3 is 15.4 Å². The Morgan fingerprint density at radius 3 is 2.11 bits per heavy atom. The van der Waals surface area contributed by atoms with Crippen molar-refractivity contribution in [2.45, 2.75) is 26.4 Å². The van der Waals surface area contributed by atoms with Crippen molar-refractivity contribution in [2.75, 3.05) is 7.11 Å². The van der Waals surface area contributed by atoms with E-state index in [1.54, 1.807) is 48.5 Å². The molecule has 1 atom stereocenters. The lowest BCUT2D eigenvalue weighted by Crippen LogP contribution is -2.49. The highest BCUT2D eigenvalue weighted by Crippen LogP contribution is 2.08. The predicted octanol–water partition coefficient (Wildman–Crippen LogP) is 2.54. The zero-order chi connectivity index (χ0) is 19.8. The summed E-state index contributed by atoms with van der Waals surface area (Å²) in [5, 5.41) is 5.62. The van der Waals surface area contributed by atoms with E-state index < -0.39 is 12.0 Å². The first kappa shape index (κ1) is 20.2. The molecule has 0 aliphatic carbocycles. The number of carbonyl (C=O) groups excluding carboxylic acids is 3. The summed E-state index contributed by atoms with van der Waals surface area (Å²) in [6, 6.07) is 14.9. The fourth-order valence-corrected chi connectivity index (χ4v) is 2.52. The van der Waals surface area contributed by atoms with E-state index in [-0.39, 0.29) is 17.7 Å². The van der Waals surface area contributed by atoms with Gasteiger partial charge in [-0.2, -0.15) is 0 Å². The van der Waals surface area contributed by atoms with Gasteiger partial charge in [0, 0.05) is 12.1 Å². The van der Waals surface area contributed by atoms with Crippen molar-refractivity contribution in [3.8, 4) is 0 Å². The Morgan fingerprint density at radius 1 is 0.926 bits per heavy atom. The third-order valence-corrected chi connectivity index (χ3v) is 4.11. The second-order valence-corrected chi connectivity index (χ2v) is 6.47. The number of amides is 2. The van der Waals surface area contributed by atoms with Gasteiger partial charge in [-0.15, -0.1) is 0 Å². The van der Waals surface area contributed by atoms with Crippen LogP contribution < -0.4 is 10.6 Å². The molecule has 0 fully saturated rings. The highest BCUT2D eigenvalue weighted by atomic mass is 16.5. The summed E-state index contributed by atoms with van der Waals surface area (Å²) < 4.78 is 4.66. The van der Waals surface area contributed by atoms with Gasteiger partial charge in [0.25, 0.3) is 5.91 Å². The van der Waals surface area contributed by atoms with Crippen LogP contribution in [0.25, 0.3) is 0 Å². The predicted molar refractivity (Wildman–Crippen MR) is 102 cm³/mol. The molecule has 0 saturated heterocycles. The summed E-state index contributed by atoms with van der Waals surface area (Å²) >= 11 is 0. The third-order valence-electron chi connectivity index (χ3n) is 4.11. The molecule has 2 rings (SSSR count). The molecule has 2 amide bonds. The van der Waals surface area contributed by atoms with Crippen LogP contribution in [0.5, 0.6) is 0 Å². The van der Waals surface area contributed by atoms with Crippen molar-refractivity contribution in [3.05, 3.63) is 71.3 Å². The molecule has 6 heteroatoms. The van der Waals surface area contributed by atoms with E-state index in [9.17, 15) is 14.4 Å². The van der Waals surface area contributed by atoms with E-state index in [4.69, 9.17) is 0 Å². The van der Waals surface area contributed by atoms with Crippen LogP contribution in [0.15, 0.2) is 54.6 Å². The fourth-order valence-electron chi connectivity index (χ4n) is 2.52. The maximum absolute atomic E-state index is 12.5. The summed E-state index contributed by atoms with van der Waals surface area (Å²) in [4.78, 5) is 36.3. The lowest BCUT2D eigenvalue weighted by atomic mass is 10.0. The quantitative estimate of drug-likeness (QED) is 0.736. The number of hydrogen-bond donors (Lipinski definition) is 2. The van der Waals surface area contributed by atoms with E-state index in [0.717, 1.165) is 5.56 Å². The minimum atomic E-state index is -0.646. The molecule has 2 aromatic carbocycles. The first-order valence-corrected chi connectivity index (χ1v) is 8.73. The minimum absolute atomic E-state index is 0.0700. The van der Waals surface area contributed by atoms with E-state index in [1.165, 1.54) is 7.11 Å². The van der Waals surface area contributed by atoms with Gasteiger partial charge >= 0.3 is 5.97 Å². The first-order chi connectivity index (χ1) is 12.9. The van der Waals surface area contributed by atoms with Crippen LogP contribution in [0.2, 0.25) is 0 Å². The Balaban J connectivity index is 1.96. The smallest absolute Gasteiger partial charge is 0.337 e. The van der Waals surface area contributed by atoms with Gasteiger partial charge in [-0.3, -0.25) is 9.59 Å². The van der Waals surface area contributed by atoms with Crippen LogP contribution in [0.3, 0.4) is 0 Å². The number of carbonyl (C=O) groups is 3. The molecule has 142 valence electrons. The summed E-state index contributed by atoms with van der Waals surface area (Å²) in [6.07, 6.45) is 0. The molecular weight excluding hydrogens is 344 g/mol. The number of ether oxygens (including phenoxy) is 1. The molecule has 0 radical (unpaired) electrons. The highest BCUT2D eigenvalue weighted by molar-refractivity contribution is 5.97. The summed E-state index contributed by atoms with van der Waals surface area (Å²) in [5.74, 6) is -1.02.